The standard InChI is InChI=1S/C35H9N9/c1-41-23-6-8-24-26(13-23)28(16-38)31(33(24)29(17-39)42-2)21-9-20(15-37)10-22(12-21)32-34(30(18-40)43-3)25-7-5-19(14-36)11-27(25)35(32)44-4/h5-13H/b33-29+,34-30-. The van der Waals surface area contributed by atoms with Crippen LogP contribution < -0.4 is 0 Å². The van der Waals surface area contributed by atoms with E-state index >= 15 is 0 Å². The Balaban J connectivity index is 1.92. The Morgan fingerprint density at radius 1 is 0.545 bits per heavy atom. The number of nitrogens with zero attached hydrogens (tertiary/aromatic N) is 9. The van der Waals surface area contributed by atoms with Crippen LogP contribution in [-0.4, -0.2) is 0 Å². The lowest BCUT2D eigenvalue weighted by Gasteiger charge is -2.14. The minimum absolute atomic E-state index is 0.0603. The van der Waals surface area contributed by atoms with Crippen LogP contribution in [0.1, 0.15) is 44.5 Å². The zero-order valence-corrected chi connectivity index (χ0v) is 22.2. The second kappa shape index (κ2) is 10.9. The predicted octanol–water partition coefficient (Wildman–Crippen LogP) is 7.54. The zero-order chi connectivity index (χ0) is 31.5. The molecule has 3 aromatic carbocycles. The molecule has 44 heavy (non-hydrogen) atoms. The number of fused-ring (bicyclic) bond motifs is 2. The Bertz CT molecular complexity index is 2230. The van der Waals surface area contributed by atoms with E-state index in [1.165, 1.54) is 36.4 Å². The molecule has 0 saturated carbocycles. The van der Waals surface area contributed by atoms with E-state index in [9.17, 15) is 26.3 Å². The summed E-state index contributed by atoms with van der Waals surface area (Å²) in [6.07, 6.45) is 0. The molecule has 0 saturated heterocycles. The Morgan fingerprint density at radius 2 is 1.14 bits per heavy atom. The first-order chi connectivity index (χ1) is 21.4. The monoisotopic (exact) mass is 555 g/mol. The zero-order valence-electron chi connectivity index (χ0n) is 22.2. The lowest BCUT2D eigenvalue weighted by atomic mass is 9.88. The van der Waals surface area contributed by atoms with Crippen LogP contribution in [0.4, 0.5) is 5.69 Å². The highest BCUT2D eigenvalue weighted by atomic mass is 14.7. The number of benzene rings is 3. The summed E-state index contributed by atoms with van der Waals surface area (Å²) in [5.74, 6) is 0. The summed E-state index contributed by atoms with van der Waals surface area (Å²) in [6.45, 7) is 30.7. The predicted molar refractivity (Wildman–Crippen MR) is 159 cm³/mol. The third-order valence-corrected chi connectivity index (χ3v) is 7.10. The molecule has 0 atom stereocenters. The smallest absolute Gasteiger partial charge is 0.238 e. The van der Waals surface area contributed by atoms with Gasteiger partial charge in [-0.15, -0.1) is 0 Å². The topological polar surface area (TPSA) is 136 Å². The van der Waals surface area contributed by atoms with Crippen LogP contribution in [0.15, 0.2) is 66.0 Å². The molecule has 0 radical (unpaired) electrons. The summed E-state index contributed by atoms with van der Waals surface area (Å²) >= 11 is 0. The molecule has 0 unspecified atom stereocenters. The van der Waals surface area contributed by atoms with Gasteiger partial charge in [-0.05, 0) is 86.5 Å². The average Bonchev–Trinajstić information content (AvgIpc) is 3.57. The van der Waals surface area contributed by atoms with Gasteiger partial charge in [0, 0.05) is 5.57 Å². The lowest BCUT2D eigenvalue weighted by Crippen LogP contribution is -1.96. The van der Waals surface area contributed by atoms with Gasteiger partial charge in [0.2, 0.25) is 5.70 Å². The van der Waals surface area contributed by atoms with Crippen LogP contribution >= 0.6 is 0 Å². The van der Waals surface area contributed by atoms with Gasteiger partial charge in [-0.25, -0.2) is 29.9 Å². The molecule has 3 aromatic rings. The molecule has 0 spiro atoms. The fraction of sp³-hybridized carbons (Fsp3) is 0. The van der Waals surface area contributed by atoms with Gasteiger partial charge < -0.3 is 0 Å². The van der Waals surface area contributed by atoms with Gasteiger partial charge in [0.25, 0.3) is 11.4 Å². The minimum atomic E-state index is -0.301. The Labute approximate surface area is 251 Å². The van der Waals surface area contributed by atoms with Crippen LogP contribution in [0, 0.1) is 82.9 Å². The molecule has 0 aromatic heterocycles. The van der Waals surface area contributed by atoms with Crippen LogP contribution in [-0.2, 0) is 0 Å². The summed E-state index contributed by atoms with van der Waals surface area (Å²) < 4.78 is 0. The van der Waals surface area contributed by atoms with E-state index in [2.05, 4.69) is 31.5 Å². The van der Waals surface area contributed by atoms with Gasteiger partial charge in [-0.3, -0.25) is 0 Å². The van der Waals surface area contributed by atoms with Crippen molar-refractivity contribution >= 4 is 39.2 Å². The highest BCUT2D eigenvalue weighted by Gasteiger charge is 2.34. The van der Waals surface area contributed by atoms with E-state index in [1.807, 2.05) is 18.2 Å². The highest BCUT2D eigenvalue weighted by Crippen LogP contribution is 2.52. The van der Waals surface area contributed by atoms with Crippen LogP contribution in [0.3, 0.4) is 0 Å². The second-order valence-electron chi connectivity index (χ2n) is 9.22. The number of allylic oxidation sites excluding steroid dienone is 7. The summed E-state index contributed by atoms with van der Waals surface area (Å²) in [5, 5.41) is 49.6. The molecule has 0 amide bonds. The molecule has 2 aliphatic rings. The molecular weight excluding hydrogens is 546 g/mol. The van der Waals surface area contributed by atoms with Crippen LogP contribution in [0.5, 0.6) is 0 Å². The van der Waals surface area contributed by atoms with E-state index in [0.29, 0.717) is 22.3 Å². The highest BCUT2D eigenvalue weighted by molar-refractivity contribution is 6.27. The molecule has 2 aliphatic carbocycles. The van der Waals surface area contributed by atoms with E-state index in [4.69, 9.17) is 26.3 Å². The van der Waals surface area contributed by atoms with Crippen LogP contribution in [0.2, 0.25) is 0 Å². The van der Waals surface area contributed by atoms with Crippen molar-refractivity contribution in [2.75, 3.05) is 0 Å². The number of nitriles is 5. The lowest BCUT2D eigenvalue weighted by molar-refractivity contribution is 1.45. The van der Waals surface area contributed by atoms with Crippen molar-refractivity contribution in [2.45, 2.75) is 0 Å². The van der Waals surface area contributed by atoms with E-state index < -0.39 is 0 Å². The molecule has 0 fully saturated rings. The summed E-state index contributed by atoms with van der Waals surface area (Å²) in [5.41, 5.74) is 2.91. The summed E-state index contributed by atoms with van der Waals surface area (Å²) in [6, 6.07) is 23.7. The molecule has 0 heterocycles. The maximum atomic E-state index is 10.3. The van der Waals surface area contributed by atoms with Crippen molar-refractivity contribution in [3.8, 4) is 30.3 Å². The molecule has 194 valence electrons. The summed E-state index contributed by atoms with van der Waals surface area (Å²) in [7, 11) is 0. The van der Waals surface area contributed by atoms with Crippen molar-refractivity contribution in [3.63, 3.8) is 0 Å². The van der Waals surface area contributed by atoms with Crippen molar-refractivity contribution < 1.29 is 0 Å². The van der Waals surface area contributed by atoms with Gasteiger partial charge in [0.15, 0.2) is 5.69 Å². The average molecular weight is 556 g/mol. The molecule has 0 bridgehead atoms. The van der Waals surface area contributed by atoms with E-state index in [-0.39, 0.29) is 72.9 Å². The number of hydrogen-bond acceptors (Lipinski definition) is 5. The van der Waals surface area contributed by atoms with Gasteiger partial charge in [0.1, 0.15) is 6.07 Å². The number of hydrogen-bond donors (Lipinski definition) is 0. The molecule has 0 N–H and O–H groups in total. The first kappa shape index (κ1) is 27.6. The van der Waals surface area contributed by atoms with Crippen molar-refractivity contribution in [1.82, 2.24) is 0 Å². The quantitative estimate of drug-likeness (QED) is 0.238. The first-order valence-electron chi connectivity index (χ1n) is 12.4. The Morgan fingerprint density at radius 3 is 1.68 bits per heavy atom. The largest absolute Gasteiger partial charge is 0.270 e. The normalized spacial score (nSPS) is 14.5. The SMILES string of the molecule is [C-]#[N+]C1=C(c2cc(C#N)cc(C3=C(C#N)c4cc([N+]#[C-])ccc4/C3=C(/C#N)[N+]#[C-])c2)/C(=C(/C#N)[N+]#[C-])c2ccc(C#N)cc21. The van der Waals surface area contributed by atoms with Gasteiger partial charge in [-0.1, -0.05) is 18.2 Å². The Kier molecular flexibility index (Phi) is 6.83. The van der Waals surface area contributed by atoms with Gasteiger partial charge in [-0.2, -0.15) is 15.8 Å². The first-order valence-corrected chi connectivity index (χ1v) is 12.4. The van der Waals surface area contributed by atoms with E-state index in [0.717, 1.165) is 0 Å². The summed E-state index contributed by atoms with van der Waals surface area (Å²) in [4.78, 5) is 13.9. The van der Waals surface area contributed by atoms with E-state index in [1.54, 1.807) is 18.2 Å². The number of rotatable bonds is 2. The van der Waals surface area contributed by atoms with Gasteiger partial charge in [0.05, 0.1) is 67.3 Å². The minimum Gasteiger partial charge on any atom is -0.238 e. The Hall–Kier alpha value is -7.97. The fourth-order valence-corrected chi connectivity index (χ4v) is 5.38. The van der Waals surface area contributed by atoms with Gasteiger partial charge >= 0.3 is 0 Å². The van der Waals surface area contributed by atoms with Crippen molar-refractivity contribution in [2.24, 2.45) is 0 Å². The molecular formula is C35H9N9. The maximum Gasteiger partial charge on any atom is 0.270 e. The maximum absolute atomic E-state index is 10.3. The molecule has 9 heteroatoms. The molecule has 0 aliphatic heterocycles. The van der Waals surface area contributed by atoms with Crippen molar-refractivity contribution in [1.29, 1.82) is 26.3 Å². The molecule has 9 nitrogen and oxygen atoms in total. The molecule has 5 rings (SSSR count). The third-order valence-electron chi connectivity index (χ3n) is 7.10. The third kappa shape index (κ3) is 4.03. The van der Waals surface area contributed by atoms with Crippen LogP contribution in [0.25, 0.3) is 52.9 Å². The van der Waals surface area contributed by atoms with Crippen molar-refractivity contribution in [3.05, 3.63) is 156 Å². The fourth-order valence-electron chi connectivity index (χ4n) is 5.38. The second-order valence-corrected chi connectivity index (χ2v) is 9.22.